The van der Waals surface area contributed by atoms with Crippen molar-refractivity contribution in [3.05, 3.63) is 47.2 Å². The Bertz CT molecular complexity index is 1200. The van der Waals surface area contributed by atoms with Gasteiger partial charge in [-0.1, -0.05) is 25.5 Å². The summed E-state index contributed by atoms with van der Waals surface area (Å²) in [5.74, 6) is 0.892. The molecule has 0 saturated carbocycles. The summed E-state index contributed by atoms with van der Waals surface area (Å²) < 4.78 is 7.88. The quantitative estimate of drug-likeness (QED) is 0.305. The molecule has 1 aromatic heterocycles. The highest BCUT2D eigenvalue weighted by Crippen LogP contribution is 2.36. The molecular weight excluding hydrogens is 452 g/mol. The minimum Gasteiger partial charge on any atom is -0.496 e. The smallest absolute Gasteiger partial charge is 0.124 e. The number of aliphatic hydroxyl groups excluding tert-OH is 1. The van der Waals surface area contributed by atoms with E-state index in [0.717, 1.165) is 66.1 Å². The summed E-state index contributed by atoms with van der Waals surface area (Å²) in [5, 5.41) is 22.5. The average molecular weight is 493 g/mol. The Labute approximate surface area is 213 Å². The van der Waals surface area contributed by atoms with Crippen LogP contribution in [-0.4, -0.2) is 65.7 Å². The Kier molecular flexibility index (Phi) is 7.10. The van der Waals surface area contributed by atoms with Crippen molar-refractivity contribution in [3.8, 4) is 5.75 Å². The van der Waals surface area contributed by atoms with Crippen molar-refractivity contribution in [2.24, 2.45) is 5.41 Å². The van der Waals surface area contributed by atoms with E-state index in [2.05, 4.69) is 45.3 Å². The number of methoxy groups -OCH3 is 1. The number of nitrogen functional groups attached to an aromatic ring is 1. The van der Waals surface area contributed by atoms with E-state index in [9.17, 15) is 5.11 Å². The summed E-state index contributed by atoms with van der Waals surface area (Å²) in [5.41, 5.74) is 12.8. The number of rotatable bonds is 11. The number of hydrogen-bond donors (Lipinski definition) is 4. The lowest BCUT2D eigenvalue weighted by Gasteiger charge is -2.56. The fraction of sp³-hybridized carbons (Fsp3) is 0.536. The molecule has 2 aliphatic heterocycles. The molecule has 5 N–H and O–H groups in total. The number of aryl methyl sites for hydroxylation is 1. The third kappa shape index (κ3) is 4.90. The van der Waals surface area contributed by atoms with E-state index in [4.69, 9.17) is 15.6 Å². The Hall–Kier alpha value is -2.81. The van der Waals surface area contributed by atoms with Crippen LogP contribution in [0.15, 0.2) is 30.3 Å². The number of nitrogens with zero attached hydrogens (tertiary/aromatic N) is 3. The predicted molar refractivity (Wildman–Crippen MR) is 146 cm³/mol. The van der Waals surface area contributed by atoms with Crippen molar-refractivity contribution in [2.45, 2.75) is 52.2 Å². The van der Waals surface area contributed by atoms with Gasteiger partial charge >= 0.3 is 0 Å². The normalized spacial score (nSPS) is 17.7. The van der Waals surface area contributed by atoms with Gasteiger partial charge in [-0.05, 0) is 43.5 Å². The number of nitrogens with two attached hydrogens (primary N) is 1. The second-order valence-corrected chi connectivity index (χ2v) is 10.7. The molecule has 36 heavy (non-hydrogen) atoms. The van der Waals surface area contributed by atoms with E-state index >= 15 is 0 Å². The van der Waals surface area contributed by atoms with Crippen LogP contribution in [0.5, 0.6) is 5.75 Å². The summed E-state index contributed by atoms with van der Waals surface area (Å²) in [6.07, 6.45) is 2.72. The number of hydrogen-bond acceptors (Lipinski definition) is 7. The molecule has 2 aliphatic rings. The van der Waals surface area contributed by atoms with E-state index in [1.165, 1.54) is 18.7 Å². The molecule has 8 nitrogen and oxygen atoms in total. The van der Waals surface area contributed by atoms with Gasteiger partial charge in [0.25, 0.3) is 0 Å². The fourth-order valence-electron chi connectivity index (χ4n) is 5.89. The average Bonchev–Trinajstić information content (AvgIpc) is 3.10. The molecule has 1 unspecified atom stereocenters. The maximum Gasteiger partial charge on any atom is 0.124 e. The van der Waals surface area contributed by atoms with E-state index in [0.29, 0.717) is 24.1 Å². The first kappa shape index (κ1) is 24.9. The summed E-state index contributed by atoms with van der Waals surface area (Å²) >= 11 is 0. The molecule has 1 spiro atoms. The fourth-order valence-corrected chi connectivity index (χ4v) is 5.89. The molecule has 3 heterocycles. The van der Waals surface area contributed by atoms with Crippen molar-refractivity contribution in [1.82, 2.24) is 20.0 Å². The summed E-state index contributed by atoms with van der Waals surface area (Å²) in [7, 11) is 1.74. The topological polar surface area (TPSA) is 101 Å². The minimum absolute atomic E-state index is 0.153. The lowest BCUT2D eigenvalue weighted by molar-refractivity contribution is -0.0444. The lowest BCUT2D eigenvalue weighted by Crippen LogP contribution is -2.70. The number of nitrogens with one attached hydrogen (secondary N) is 2. The van der Waals surface area contributed by atoms with Crippen molar-refractivity contribution >= 4 is 22.3 Å². The van der Waals surface area contributed by atoms with Crippen LogP contribution in [0.1, 0.15) is 43.0 Å². The summed E-state index contributed by atoms with van der Waals surface area (Å²) in [6.45, 7) is 10.6. The number of benzene rings is 2. The first-order valence-corrected chi connectivity index (χ1v) is 13.2. The van der Waals surface area contributed by atoms with Gasteiger partial charge in [-0.3, -0.25) is 9.58 Å². The van der Waals surface area contributed by atoms with Crippen LogP contribution in [0.2, 0.25) is 0 Å². The van der Waals surface area contributed by atoms with Crippen molar-refractivity contribution in [2.75, 3.05) is 50.9 Å². The van der Waals surface area contributed by atoms with Gasteiger partial charge in [0, 0.05) is 67.4 Å². The predicted octanol–water partition coefficient (Wildman–Crippen LogP) is 3.35. The number of likely N-dealkylation sites (tertiary alicyclic amines) is 1. The van der Waals surface area contributed by atoms with Crippen LogP contribution in [-0.2, 0) is 13.1 Å². The Balaban J connectivity index is 1.40. The van der Waals surface area contributed by atoms with Gasteiger partial charge in [-0.2, -0.15) is 5.10 Å². The standard InChI is InChI=1S/C28H40N6O2/c1-4-5-23(8-9-35)31-25-12-22(29)11-24-19(2)32-34(27(24)25)14-21-7-6-20(10-26(21)36-3)13-33-17-28(18-33)15-30-16-28/h6-7,10-12,23,30-31,35H,4-5,8-9,13-18,29H2,1-3H3. The maximum absolute atomic E-state index is 9.56. The monoisotopic (exact) mass is 492 g/mol. The Morgan fingerprint density at radius 3 is 2.67 bits per heavy atom. The van der Waals surface area contributed by atoms with Gasteiger partial charge in [0.15, 0.2) is 0 Å². The lowest BCUT2D eigenvalue weighted by atomic mass is 9.74. The molecular formula is C28H40N6O2. The van der Waals surface area contributed by atoms with Gasteiger partial charge in [-0.15, -0.1) is 0 Å². The third-order valence-corrected chi connectivity index (χ3v) is 7.72. The van der Waals surface area contributed by atoms with E-state index in [1.807, 2.05) is 19.1 Å². The highest BCUT2D eigenvalue weighted by Gasteiger charge is 2.47. The second kappa shape index (κ2) is 10.3. The molecule has 194 valence electrons. The number of aliphatic hydroxyl groups is 1. The number of aromatic nitrogens is 2. The van der Waals surface area contributed by atoms with Gasteiger partial charge in [0.1, 0.15) is 5.75 Å². The van der Waals surface area contributed by atoms with E-state index < -0.39 is 0 Å². The minimum atomic E-state index is 0.153. The molecule has 1 atom stereocenters. The molecule has 2 aromatic carbocycles. The number of fused-ring (bicyclic) bond motifs is 1. The molecule has 0 radical (unpaired) electrons. The number of ether oxygens (including phenoxy) is 1. The highest BCUT2D eigenvalue weighted by molar-refractivity contribution is 5.95. The van der Waals surface area contributed by atoms with Crippen LogP contribution in [0.4, 0.5) is 11.4 Å². The summed E-state index contributed by atoms with van der Waals surface area (Å²) in [4.78, 5) is 2.51. The Morgan fingerprint density at radius 2 is 2.00 bits per heavy atom. The zero-order valence-electron chi connectivity index (χ0n) is 21.8. The largest absolute Gasteiger partial charge is 0.496 e. The van der Waals surface area contributed by atoms with Gasteiger partial charge in [-0.25, -0.2) is 0 Å². The molecule has 0 bridgehead atoms. The first-order valence-electron chi connectivity index (χ1n) is 13.2. The van der Waals surface area contributed by atoms with Crippen molar-refractivity contribution in [1.29, 1.82) is 0 Å². The van der Waals surface area contributed by atoms with Crippen molar-refractivity contribution in [3.63, 3.8) is 0 Å². The zero-order chi connectivity index (χ0) is 25.3. The van der Waals surface area contributed by atoms with Crippen LogP contribution >= 0.6 is 0 Å². The molecule has 2 saturated heterocycles. The second-order valence-electron chi connectivity index (χ2n) is 10.7. The van der Waals surface area contributed by atoms with Gasteiger partial charge in [0.2, 0.25) is 0 Å². The van der Waals surface area contributed by atoms with E-state index in [1.54, 1.807) is 7.11 Å². The highest BCUT2D eigenvalue weighted by atomic mass is 16.5. The number of anilines is 2. The van der Waals surface area contributed by atoms with E-state index in [-0.39, 0.29) is 12.6 Å². The van der Waals surface area contributed by atoms with Crippen LogP contribution < -0.4 is 21.1 Å². The molecule has 0 aliphatic carbocycles. The molecule has 5 rings (SSSR count). The molecule has 2 fully saturated rings. The van der Waals surface area contributed by atoms with Crippen molar-refractivity contribution < 1.29 is 9.84 Å². The first-order chi connectivity index (χ1) is 17.4. The van der Waals surface area contributed by atoms with Gasteiger partial charge in [0.05, 0.1) is 30.6 Å². The molecule has 3 aromatic rings. The van der Waals surface area contributed by atoms with Gasteiger partial charge < -0.3 is 26.2 Å². The molecule has 0 amide bonds. The zero-order valence-corrected chi connectivity index (χ0v) is 21.8. The van der Waals surface area contributed by atoms with Crippen LogP contribution in [0, 0.1) is 12.3 Å². The van der Waals surface area contributed by atoms with Crippen LogP contribution in [0.3, 0.4) is 0 Å². The summed E-state index contributed by atoms with van der Waals surface area (Å²) in [6, 6.07) is 10.7. The Morgan fingerprint density at radius 1 is 1.19 bits per heavy atom. The maximum atomic E-state index is 9.56. The third-order valence-electron chi connectivity index (χ3n) is 7.72. The SMILES string of the molecule is CCCC(CCO)Nc1cc(N)cc2c(C)nn(Cc3ccc(CN4CC5(CNC5)C4)cc3OC)c12. The molecule has 8 heteroatoms. The van der Waals surface area contributed by atoms with Crippen LogP contribution in [0.25, 0.3) is 10.9 Å².